The Morgan fingerprint density at radius 3 is 1.85 bits per heavy atom. The number of amides is 1. The average molecular weight is 452 g/mol. The molecule has 1 atom stereocenters. The minimum absolute atomic E-state index is 0.186. The molecule has 2 aromatic rings. The molecule has 180 valence electrons. The standard InChI is InChI=1S/C29H41NO3/c1-4-27(23-15-19-25(32-2)20-16-23)28(24-17-21-26(33-3)22-18-24)13-11-9-7-5-6-8-10-12-14-29(30)31/h13,15-22,27H,4-12,14H2,1-3H3,(H2,30,31). The second-order valence-corrected chi connectivity index (χ2v) is 8.60. The summed E-state index contributed by atoms with van der Waals surface area (Å²) in [5.41, 5.74) is 9.15. The van der Waals surface area contributed by atoms with Crippen LogP contribution in [0.25, 0.3) is 5.57 Å². The van der Waals surface area contributed by atoms with Crippen molar-refractivity contribution in [3.05, 3.63) is 65.7 Å². The summed E-state index contributed by atoms with van der Waals surface area (Å²) in [5, 5.41) is 0. The molecule has 1 unspecified atom stereocenters. The molecule has 33 heavy (non-hydrogen) atoms. The summed E-state index contributed by atoms with van der Waals surface area (Å²) in [5.74, 6) is 1.92. The first-order valence-electron chi connectivity index (χ1n) is 12.4. The number of allylic oxidation sites excluding steroid dienone is 2. The lowest BCUT2D eigenvalue weighted by molar-refractivity contribution is -0.118. The number of primary amides is 1. The number of hydrogen-bond acceptors (Lipinski definition) is 3. The van der Waals surface area contributed by atoms with Gasteiger partial charge in [0.25, 0.3) is 0 Å². The molecule has 2 rings (SSSR count). The lowest BCUT2D eigenvalue weighted by Gasteiger charge is -2.21. The lowest BCUT2D eigenvalue weighted by Crippen LogP contribution is -2.09. The first kappa shape index (κ1) is 26.5. The van der Waals surface area contributed by atoms with Crippen LogP contribution in [0.2, 0.25) is 0 Å². The zero-order valence-corrected chi connectivity index (χ0v) is 20.6. The molecular weight excluding hydrogens is 410 g/mol. The highest BCUT2D eigenvalue weighted by atomic mass is 16.5. The Kier molecular flexibility index (Phi) is 12.2. The molecule has 0 spiro atoms. The molecule has 0 saturated carbocycles. The highest BCUT2D eigenvalue weighted by Gasteiger charge is 2.17. The van der Waals surface area contributed by atoms with E-state index >= 15 is 0 Å². The molecule has 0 aromatic heterocycles. The monoisotopic (exact) mass is 451 g/mol. The molecule has 4 heteroatoms. The van der Waals surface area contributed by atoms with Crippen molar-refractivity contribution in [2.24, 2.45) is 5.73 Å². The van der Waals surface area contributed by atoms with Gasteiger partial charge in [-0.2, -0.15) is 0 Å². The predicted molar refractivity (Wildman–Crippen MR) is 138 cm³/mol. The minimum atomic E-state index is -0.186. The molecule has 0 saturated heterocycles. The Morgan fingerprint density at radius 2 is 1.33 bits per heavy atom. The molecule has 2 N–H and O–H groups in total. The fourth-order valence-corrected chi connectivity index (χ4v) is 4.30. The van der Waals surface area contributed by atoms with Gasteiger partial charge < -0.3 is 15.2 Å². The third-order valence-corrected chi connectivity index (χ3v) is 6.22. The number of unbranched alkanes of at least 4 members (excludes halogenated alkanes) is 7. The first-order valence-corrected chi connectivity index (χ1v) is 12.4. The average Bonchev–Trinajstić information content (AvgIpc) is 2.84. The van der Waals surface area contributed by atoms with E-state index in [1.54, 1.807) is 14.2 Å². The van der Waals surface area contributed by atoms with Crippen LogP contribution in [0.1, 0.15) is 88.2 Å². The van der Waals surface area contributed by atoms with Crippen LogP contribution in [0.3, 0.4) is 0 Å². The molecule has 0 aliphatic rings. The van der Waals surface area contributed by atoms with Crippen LogP contribution in [0.15, 0.2) is 54.6 Å². The molecule has 0 aliphatic carbocycles. The van der Waals surface area contributed by atoms with Crippen molar-refractivity contribution in [3.8, 4) is 11.5 Å². The summed E-state index contributed by atoms with van der Waals surface area (Å²) in [6.45, 7) is 2.25. The summed E-state index contributed by atoms with van der Waals surface area (Å²) in [6.07, 6.45) is 13.2. The van der Waals surface area contributed by atoms with Crippen molar-refractivity contribution < 1.29 is 14.3 Å². The van der Waals surface area contributed by atoms with Gasteiger partial charge in [-0.05, 0) is 66.6 Å². The summed E-state index contributed by atoms with van der Waals surface area (Å²) in [7, 11) is 3.41. The van der Waals surface area contributed by atoms with Gasteiger partial charge in [-0.15, -0.1) is 0 Å². The Hall–Kier alpha value is -2.75. The SMILES string of the molecule is CCC(C(=CCCCCCCCCCC(N)=O)c1ccc(OC)cc1)c1ccc(OC)cc1. The number of carbonyl (C=O) groups is 1. The largest absolute Gasteiger partial charge is 0.497 e. The van der Waals surface area contributed by atoms with Crippen LogP contribution in [-0.2, 0) is 4.79 Å². The van der Waals surface area contributed by atoms with Gasteiger partial charge in [-0.1, -0.05) is 69.4 Å². The number of carbonyl (C=O) groups excluding carboxylic acids is 1. The molecule has 1 amide bonds. The molecule has 0 aliphatic heterocycles. The van der Waals surface area contributed by atoms with Gasteiger partial charge in [0.15, 0.2) is 0 Å². The third kappa shape index (κ3) is 9.33. The summed E-state index contributed by atoms with van der Waals surface area (Å²) < 4.78 is 10.7. The van der Waals surface area contributed by atoms with Gasteiger partial charge in [-0.25, -0.2) is 0 Å². The second-order valence-electron chi connectivity index (χ2n) is 8.60. The van der Waals surface area contributed by atoms with Gasteiger partial charge in [0.1, 0.15) is 11.5 Å². The van der Waals surface area contributed by atoms with E-state index in [0.29, 0.717) is 12.3 Å². The van der Waals surface area contributed by atoms with E-state index in [1.807, 2.05) is 24.3 Å². The number of hydrogen-bond donors (Lipinski definition) is 1. The van der Waals surface area contributed by atoms with Crippen molar-refractivity contribution in [3.63, 3.8) is 0 Å². The van der Waals surface area contributed by atoms with E-state index in [-0.39, 0.29) is 5.91 Å². The van der Waals surface area contributed by atoms with E-state index in [4.69, 9.17) is 15.2 Å². The van der Waals surface area contributed by atoms with Crippen LogP contribution >= 0.6 is 0 Å². The van der Waals surface area contributed by atoms with Gasteiger partial charge in [-0.3, -0.25) is 4.79 Å². The number of rotatable bonds is 16. The Morgan fingerprint density at radius 1 is 0.818 bits per heavy atom. The van der Waals surface area contributed by atoms with Crippen LogP contribution in [-0.4, -0.2) is 20.1 Å². The second kappa shape index (κ2) is 15.2. The first-order chi connectivity index (χ1) is 16.1. The van der Waals surface area contributed by atoms with Crippen molar-refractivity contribution in [2.75, 3.05) is 14.2 Å². The minimum Gasteiger partial charge on any atom is -0.497 e. The highest BCUT2D eigenvalue weighted by Crippen LogP contribution is 2.36. The molecule has 0 fully saturated rings. The fraction of sp³-hybridized carbons (Fsp3) is 0.483. The number of methoxy groups -OCH3 is 2. The van der Waals surface area contributed by atoms with E-state index in [0.717, 1.165) is 37.2 Å². The van der Waals surface area contributed by atoms with Gasteiger partial charge in [0, 0.05) is 12.3 Å². The van der Waals surface area contributed by atoms with Crippen molar-refractivity contribution >= 4 is 11.5 Å². The predicted octanol–water partition coefficient (Wildman–Crippen LogP) is 7.28. The normalized spacial score (nSPS) is 12.4. The number of benzene rings is 2. The molecule has 0 heterocycles. The van der Waals surface area contributed by atoms with Gasteiger partial charge >= 0.3 is 0 Å². The molecule has 0 radical (unpaired) electrons. The van der Waals surface area contributed by atoms with Crippen molar-refractivity contribution in [1.29, 1.82) is 0 Å². The quantitative estimate of drug-likeness (QED) is 0.273. The smallest absolute Gasteiger partial charge is 0.217 e. The summed E-state index contributed by atoms with van der Waals surface area (Å²) in [6, 6.07) is 16.9. The van der Waals surface area contributed by atoms with E-state index < -0.39 is 0 Å². The Balaban J connectivity index is 1.99. The highest BCUT2D eigenvalue weighted by molar-refractivity contribution is 5.73. The third-order valence-electron chi connectivity index (χ3n) is 6.22. The zero-order valence-electron chi connectivity index (χ0n) is 20.6. The molecule has 4 nitrogen and oxygen atoms in total. The Labute approximate surface area is 200 Å². The van der Waals surface area contributed by atoms with E-state index in [9.17, 15) is 4.79 Å². The fourth-order valence-electron chi connectivity index (χ4n) is 4.30. The maximum absolute atomic E-state index is 10.8. The van der Waals surface area contributed by atoms with Gasteiger partial charge in [0.2, 0.25) is 5.91 Å². The summed E-state index contributed by atoms with van der Waals surface area (Å²) >= 11 is 0. The zero-order chi connectivity index (χ0) is 23.9. The van der Waals surface area contributed by atoms with Crippen molar-refractivity contribution in [2.45, 2.75) is 77.0 Å². The van der Waals surface area contributed by atoms with E-state index in [1.165, 1.54) is 48.8 Å². The van der Waals surface area contributed by atoms with Crippen LogP contribution in [0, 0.1) is 0 Å². The molecule has 2 aromatic carbocycles. The maximum atomic E-state index is 10.8. The molecule has 0 bridgehead atoms. The number of ether oxygens (including phenoxy) is 2. The van der Waals surface area contributed by atoms with Crippen LogP contribution in [0.5, 0.6) is 11.5 Å². The molecular formula is C29H41NO3. The number of nitrogens with two attached hydrogens (primary N) is 1. The Bertz CT molecular complexity index is 840. The van der Waals surface area contributed by atoms with E-state index in [2.05, 4.69) is 37.3 Å². The van der Waals surface area contributed by atoms with Crippen molar-refractivity contribution in [1.82, 2.24) is 0 Å². The topological polar surface area (TPSA) is 61.6 Å². The lowest BCUT2D eigenvalue weighted by atomic mass is 9.84. The van der Waals surface area contributed by atoms with Crippen LogP contribution < -0.4 is 15.2 Å². The van der Waals surface area contributed by atoms with Crippen LogP contribution in [0.4, 0.5) is 0 Å². The summed E-state index contributed by atoms with van der Waals surface area (Å²) in [4.78, 5) is 10.8. The maximum Gasteiger partial charge on any atom is 0.217 e. The van der Waals surface area contributed by atoms with Gasteiger partial charge in [0.05, 0.1) is 14.2 Å².